The van der Waals surface area contributed by atoms with Gasteiger partial charge in [0.1, 0.15) is 10.7 Å². The third kappa shape index (κ3) is 4.79. The molecular weight excluding hydrogens is 350 g/mol. The number of carbonyl (C=O) groups is 1. The van der Waals surface area contributed by atoms with Gasteiger partial charge in [-0.2, -0.15) is 5.10 Å². The van der Waals surface area contributed by atoms with E-state index in [0.29, 0.717) is 5.75 Å². The SMILES string of the molecule is O=C(COc1ccccc1-c1ccccc1)N/N=C\c1ccc([N+](=O)[O-])o1. The van der Waals surface area contributed by atoms with Gasteiger partial charge in [-0.3, -0.25) is 14.9 Å². The van der Waals surface area contributed by atoms with Crippen molar-refractivity contribution in [2.75, 3.05) is 6.61 Å². The van der Waals surface area contributed by atoms with E-state index < -0.39 is 16.7 Å². The molecule has 0 aliphatic rings. The molecular formula is C19H15N3O5. The largest absolute Gasteiger partial charge is 0.483 e. The molecule has 1 heterocycles. The van der Waals surface area contributed by atoms with Crippen LogP contribution in [0, 0.1) is 10.1 Å². The number of benzene rings is 2. The minimum Gasteiger partial charge on any atom is -0.483 e. The third-order valence-electron chi connectivity index (χ3n) is 3.50. The Morgan fingerprint density at radius 3 is 2.59 bits per heavy atom. The van der Waals surface area contributed by atoms with Crippen molar-refractivity contribution < 1.29 is 18.9 Å². The first-order valence-corrected chi connectivity index (χ1v) is 7.97. The van der Waals surface area contributed by atoms with Crippen molar-refractivity contribution in [1.29, 1.82) is 0 Å². The molecule has 3 aromatic rings. The summed E-state index contributed by atoms with van der Waals surface area (Å²) in [4.78, 5) is 21.7. The van der Waals surface area contributed by atoms with Crippen LogP contribution in [0.25, 0.3) is 11.1 Å². The van der Waals surface area contributed by atoms with Crippen LogP contribution >= 0.6 is 0 Å². The van der Waals surface area contributed by atoms with E-state index in [1.165, 1.54) is 18.3 Å². The zero-order valence-corrected chi connectivity index (χ0v) is 14.1. The lowest BCUT2D eigenvalue weighted by atomic mass is 10.1. The van der Waals surface area contributed by atoms with Gasteiger partial charge in [-0.25, -0.2) is 5.43 Å². The number of furan rings is 1. The van der Waals surface area contributed by atoms with Crippen LogP contribution in [-0.4, -0.2) is 23.7 Å². The number of nitrogens with zero attached hydrogens (tertiary/aromatic N) is 2. The number of carbonyl (C=O) groups excluding carboxylic acids is 1. The maximum Gasteiger partial charge on any atom is 0.433 e. The monoisotopic (exact) mass is 365 g/mol. The molecule has 1 N–H and O–H groups in total. The molecule has 0 aliphatic heterocycles. The molecule has 0 saturated carbocycles. The van der Waals surface area contributed by atoms with Gasteiger partial charge >= 0.3 is 5.88 Å². The summed E-state index contributed by atoms with van der Waals surface area (Å²) in [6.07, 6.45) is 1.17. The molecule has 3 rings (SSSR count). The summed E-state index contributed by atoms with van der Waals surface area (Å²) in [6, 6.07) is 19.7. The molecule has 0 spiro atoms. The van der Waals surface area contributed by atoms with Crippen LogP contribution in [0.15, 0.2) is 76.2 Å². The topological polar surface area (TPSA) is 107 Å². The summed E-state index contributed by atoms with van der Waals surface area (Å²) < 4.78 is 10.5. The number of hydrogen-bond donors (Lipinski definition) is 1. The number of amides is 1. The molecule has 0 radical (unpaired) electrons. The van der Waals surface area contributed by atoms with Crippen LogP contribution in [0.5, 0.6) is 5.75 Å². The highest BCUT2D eigenvalue weighted by Gasteiger charge is 2.11. The Bertz CT molecular complexity index is 966. The highest BCUT2D eigenvalue weighted by Crippen LogP contribution is 2.29. The first-order chi connectivity index (χ1) is 13.1. The van der Waals surface area contributed by atoms with Gasteiger partial charge in [-0.05, 0) is 17.7 Å². The van der Waals surface area contributed by atoms with Crippen LogP contribution in [0.3, 0.4) is 0 Å². The summed E-state index contributed by atoms with van der Waals surface area (Å²) in [7, 11) is 0. The van der Waals surface area contributed by atoms with E-state index in [1.807, 2.05) is 48.5 Å². The quantitative estimate of drug-likeness (QED) is 0.392. The summed E-state index contributed by atoms with van der Waals surface area (Å²) in [5.74, 6) is -0.152. The van der Waals surface area contributed by atoms with Crippen molar-refractivity contribution in [3.05, 3.63) is 82.6 Å². The van der Waals surface area contributed by atoms with E-state index in [1.54, 1.807) is 6.07 Å². The van der Waals surface area contributed by atoms with Crippen LogP contribution in [-0.2, 0) is 4.79 Å². The van der Waals surface area contributed by atoms with Crippen molar-refractivity contribution in [3.8, 4) is 16.9 Å². The maximum absolute atomic E-state index is 11.9. The highest BCUT2D eigenvalue weighted by atomic mass is 16.6. The van der Waals surface area contributed by atoms with E-state index in [9.17, 15) is 14.9 Å². The molecule has 8 heteroatoms. The van der Waals surface area contributed by atoms with Crippen molar-refractivity contribution in [1.82, 2.24) is 5.43 Å². The van der Waals surface area contributed by atoms with Crippen molar-refractivity contribution in [3.63, 3.8) is 0 Å². The minimum atomic E-state index is -0.659. The van der Waals surface area contributed by atoms with Crippen LogP contribution in [0.2, 0.25) is 0 Å². The summed E-state index contributed by atoms with van der Waals surface area (Å²) in [5, 5.41) is 14.2. The van der Waals surface area contributed by atoms with Gasteiger partial charge in [-0.1, -0.05) is 48.5 Å². The Morgan fingerprint density at radius 2 is 1.85 bits per heavy atom. The van der Waals surface area contributed by atoms with Gasteiger partial charge in [0.05, 0.1) is 12.3 Å². The number of rotatable bonds is 7. The molecule has 27 heavy (non-hydrogen) atoms. The second-order valence-electron chi connectivity index (χ2n) is 5.38. The van der Waals surface area contributed by atoms with Gasteiger partial charge in [0.15, 0.2) is 12.4 Å². The fourth-order valence-electron chi connectivity index (χ4n) is 2.30. The lowest BCUT2D eigenvalue weighted by molar-refractivity contribution is -0.402. The Hall–Kier alpha value is -3.94. The fraction of sp³-hybridized carbons (Fsp3) is 0.0526. The average Bonchev–Trinajstić information content (AvgIpc) is 3.17. The molecule has 0 aliphatic carbocycles. The Kier molecular flexibility index (Phi) is 5.58. The predicted octanol–water partition coefficient (Wildman–Crippen LogP) is 3.38. The predicted molar refractivity (Wildman–Crippen MR) is 98.5 cm³/mol. The van der Waals surface area contributed by atoms with Gasteiger partial charge in [0, 0.05) is 5.56 Å². The molecule has 0 bridgehead atoms. The van der Waals surface area contributed by atoms with E-state index in [4.69, 9.17) is 9.15 Å². The lowest BCUT2D eigenvalue weighted by Gasteiger charge is -2.10. The third-order valence-corrected chi connectivity index (χ3v) is 3.50. The highest BCUT2D eigenvalue weighted by molar-refractivity contribution is 5.81. The summed E-state index contributed by atoms with van der Waals surface area (Å²) in [5.41, 5.74) is 4.12. The molecule has 1 aromatic heterocycles. The number of nitrogens with one attached hydrogen (secondary N) is 1. The van der Waals surface area contributed by atoms with E-state index in [0.717, 1.165) is 11.1 Å². The number of para-hydroxylation sites is 1. The Labute approximate surface area is 154 Å². The number of ether oxygens (including phenoxy) is 1. The molecule has 0 fully saturated rings. The summed E-state index contributed by atoms with van der Waals surface area (Å²) >= 11 is 0. The normalized spacial score (nSPS) is 10.7. The molecule has 0 unspecified atom stereocenters. The van der Waals surface area contributed by atoms with Crippen molar-refractivity contribution >= 4 is 18.0 Å². The minimum absolute atomic E-state index is 0.150. The van der Waals surface area contributed by atoms with E-state index in [-0.39, 0.29) is 12.4 Å². The lowest BCUT2D eigenvalue weighted by Crippen LogP contribution is -2.24. The van der Waals surface area contributed by atoms with Crippen molar-refractivity contribution in [2.45, 2.75) is 0 Å². The molecule has 0 atom stereocenters. The molecule has 136 valence electrons. The second-order valence-corrected chi connectivity index (χ2v) is 5.38. The number of nitro groups is 1. The first kappa shape index (κ1) is 17.9. The number of hydrogen-bond acceptors (Lipinski definition) is 6. The smallest absolute Gasteiger partial charge is 0.433 e. The van der Waals surface area contributed by atoms with Gasteiger partial charge < -0.3 is 9.15 Å². The zero-order valence-electron chi connectivity index (χ0n) is 14.1. The average molecular weight is 365 g/mol. The standard InChI is InChI=1S/C19H15N3O5/c23-18(21-20-12-15-10-11-19(27-15)22(24)25)13-26-17-9-5-4-8-16(17)14-6-2-1-3-7-14/h1-12H,13H2,(H,21,23)/b20-12-. The van der Waals surface area contributed by atoms with Crippen LogP contribution < -0.4 is 10.2 Å². The number of hydrazone groups is 1. The van der Waals surface area contributed by atoms with Gasteiger partial charge in [0.2, 0.25) is 0 Å². The van der Waals surface area contributed by atoms with Gasteiger partial charge in [0.25, 0.3) is 5.91 Å². The van der Waals surface area contributed by atoms with Crippen LogP contribution in [0.4, 0.5) is 5.88 Å². The molecule has 1 amide bonds. The van der Waals surface area contributed by atoms with Gasteiger partial charge in [-0.15, -0.1) is 0 Å². The first-order valence-electron chi connectivity index (χ1n) is 7.97. The molecule has 0 saturated heterocycles. The fourth-order valence-corrected chi connectivity index (χ4v) is 2.30. The van der Waals surface area contributed by atoms with Crippen LogP contribution in [0.1, 0.15) is 5.76 Å². The molecule has 2 aromatic carbocycles. The van der Waals surface area contributed by atoms with E-state index >= 15 is 0 Å². The Morgan fingerprint density at radius 1 is 1.11 bits per heavy atom. The van der Waals surface area contributed by atoms with Crippen molar-refractivity contribution in [2.24, 2.45) is 5.10 Å². The summed E-state index contributed by atoms with van der Waals surface area (Å²) in [6.45, 7) is -0.237. The molecule has 8 nitrogen and oxygen atoms in total. The maximum atomic E-state index is 11.9. The Balaban J connectivity index is 1.57. The second kappa shape index (κ2) is 8.43. The zero-order chi connectivity index (χ0) is 19.1. The van der Waals surface area contributed by atoms with E-state index in [2.05, 4.69) is 10.5 Å².